The van der Waals surface area contributed by atoms with E-state index in [2.05, 4.69) is 51.2 Å². The largest absolute Gasteiger partial charge is 0.368 e. The molecule has 0 atom stereocenters. The van der Waals surface area contributed by atoms with E-state index in [1.165, 1.54) is 24.1 Å². The number of carbonyl (C=O) groups excluding carboxylic acids is 1. The molecule has 2 aromatic rings. The smallest absolute Gasteiger partial charge is 0.274 e. The minimum absolute atomic E-state index is 0.0191. The average molecular weight is 351 g/mol. The van der Waals surface area contributed by atoms with Crippen LogP contribution in [-0.2, 0) is 0 Å². The Balaban J connectivity index is 1.37. The Morgan fingerprint density at radius 3 is 2.31 bits per heavy atom. The van der Waals surface area contributed by atoms with E-state index >= 15 is 0 Å². The van der Waals surface area contributed by atoms with Crippen LogP contribution in [0.3, 0.4) is 0 Å². The molecule has 1 amide bonds. The number of hydrogen-bond acceptors (Lipinski definition) is 5. The van der Waals surface area contributed by atoms with E-state index in [4.69, 9.17) is 0 Å². The third kappa shape index (κ3) is 3.49. The van der Waals surface area contributed by atoms with E-state index in [0.717, 1.165) is 32.0 Å². The van der Waals surface area contributed by atoms with Crippen molar-refractivity contribution in [3.05, 3.63) is 47.7 Å². The second-order valence-corrected chi connectivity index (χ2v) is 7.09. The van der Waals surface area contributed by atoms with Gasteiger partial charge in [-0.15, -0.1) is 10.2 Å². The SMILES string of the molecule is Cc1cccc(N2CCN(C(=O)c3ccc(N4CCCC4)nn3)CC2)c1. The van der Waals surface area contributed by atoms with Gasteiger partial charge < -0.3 is 14.7 Å². The van der Waals surface area contributed by atoms with E-state index in [-0.39, 0.29) is 5.91 Å². The van der Waals surface area contributed by atoms with Gasteiger partial charge in [-0.25, -0.2) is 0 Å². The van der Waals surface area contributed by atoms with Crippen molar-refractivity contribution < 1.29 is 4.79 Å². The summed E-state index contributed by atoms with van der Waals surface area (Å²) in [6.07, 6.45) is 2.40. The molecule has 26 heavy (non-hydrogen) atoms. The van der Waals surface area contributed by atoms with Gasteiger partial charge in [-0.3, -0.25) is 4.79 Å². The fraction of sp³-hybridized carbons (Fsp3) is 0.450. The highest BCUT2D eigenvalue weighted by atomic mass is 16.2. The third-order valence-corrected chi connectivity index (χ3v) is 5.23. The average Bonchev–Trinajstić information content (AvgIpc) is 3.23. The molecule has 6 nitrogen and oxygen atoms in total. The number of benzene rings is 1. The summed E-state index contributed by atoms with van der Waals surface area (Å²) < 4.78 is 0. The van der Waals surface area contributed by atoms with Crippen molar-refractivity contribution in [2.45, 2.75) is 19.8 Å². The van der Waals surface area contributed by atoms with Crippen LogP contribution in [0.15, 0.2) is 36.4 Å². The van der Waals surface area contributed by atoms with Gasteiger partial charge in [0.1, 0.15) is 0 Å². The molecular formula is C20H25N5O. The second-order valence-electron chi connectivity index (χ2n) is 7.09. The van der Waals surface area contributed by atoms with Crippen molar-refractivity contribution in [2.75, 3.05) is 49.1 Å². The van der Waals surface area contributed by atoms with Crippen LogP contribution in [0.4, 0.5) is 11.5 Å². The summed E-state index contributed by atoms with van der Waals surface area (Å²) in [5.41, 5.74) is 2.93. The fourth-order valence-electron chi connectivity index (χ4n) is 3.71. The standard InChI is InChI=1S/C20H25N5O/c1-16-5-4-6-17(15-16)23-11-13-25(14-12-23)20(26)18-7-8-19(22-21-18)24-9-2-3-10-24/h4-8,15H,2-3,9-14H2,1H3. The number of amides is 1. The predicted molar refractivity (Wildman–Crippen MR) is 103 cm³/mol. The lowest BCUT2D eigenvalue weighted by atomic mass is 10.2. The van der Waals surface area contributed by atoms with Crippen LogP contribution in [0.1, 0.15) is 28.9 Å². The Kier molecular flexibility index (Phi) is 4.73. The van der Waals surface area contributed by atoms with Crippen molar-refractivity contribution in [1.29, 1.82) is 0 Å². The quantitative estimate of drug-likeness (QED) is 0.850. The van der Waals surface area contributed by atoms with E-state index < -0.39 is 0 Å². The molecule has 0 N–H and O–H groups in total. The molecule has 4 rings (SSSR count). The Labute approximate surface area is 154 Å². The van der Waals surface area contributed by atoms with Crippen molar-refractivity contribution in [3.63, 3.8) is 0 Å². The molecule has 0 radical (unpaired) electrons. The van der Waals surface area contributed by atoms with Crippen molar-refractivity contribution in [1.82, 2.24) is 15.1 Å². The molecule has 0 saturated carbocycles. The summed E-state index contributed by atoms with van der Waals surface area (Å²) in [7, 11) is 0. The lowest BCUT2D eigenvalue weighted by Crippen LogP contribution is -2.49. The maximum absolute atomic E-state index is 12.7. The number of anilines is 2. The number of hydrogen-bond donors (Lipinski definition) is 0. The van der Waals surface area contributed by atoms with Crippen molar-refractivity contribution in [3.8, 4) is 0 Å². The molecule has 6 heteroatoms. The van der Waals surface area contributed by atoms with Gasteiger partial charge in [-0.1, -0.05) is 12.1 Å². The van der Waals surface area contributed by atoms with E-state index in [0.29, 0.717) is 18.8 Å². The fourth-order valence-corrected chi connectivity index (χ4v) is 3.71. The molecule has 2 aliphatic rings. The number of piperazine rings is 1. The highest BCUT2D eigenvalue weighted by Gasteiger charge is 2.24. The van der Waals surface area contributed by atoms with Gasteiger partial charge in [0, 0.05) is 45.0 Å². The second kappa shape index (κ2) is 7.32. The van der Waals surface area contributed by atoms with Gasteiger partial charge in [0.05, 0.1) is 0 Å². The molecule has 1 aromatic carbocycles. The number of carbonyl (C=O) groups is 1. The molecule has 136 valence electrons. The molecule has 2 aliphatic heterocycles. The van der Waals surface area contributed by atoms with Gasteiger partial charge in [0.2, 0.25) is 0 Å². The van der Waals surface area contributed by atoms with Gasteiger partial charge in [0.25, 0.3) is 5.91 Å². The molecule has 2 fully saturated rings. The molecule has 3 heterocycles. The molecule has 0 spiro atoms. The molecule has 0 aliphatic carbocycles. The Bertz CT molecular complexity index is 762. The maximum Gasteiger partial charge on any atom is 0.274 e. The lowest BCUT2D eigenvalue weighted by Gasteiger charge is -2.36. The third-order valence-electron chi connectivity index (χ3n) is 5.23. The monoisotopic (exact) mass is 351 g/mol. The first-order valence-electron chi connectivity index (χ1n) is 9.40. The Hall–Kier alpha value is -2.63. The normalized spacial score (nSPS) is 17.7. The Morgan fingerprint density at radius 1 is 0.885 bits per heavy atom. The summed E-state index contributed by atoms with van der Waals surface area (Å²) in [4.78, 5) is 19.2. The van der Waals surface area contributed by atoms with Crippen molar-refractivity contribution >= 4 is 17.4 Å². The van der Waals surface area contributed by atoms with Gasteiger partial charge in [-0.2, -0.15) is 0 Å². The highest BCUT2D eigenvalue weighted by molar-refractivity contribution is 5.92. The van der Waals surface area contributed by atoms with Gasteiger partial charge in [0.15, 0.2) is 11.5 Å². The molecule has 2 saturated heterocycles. The van der Waals surface area contributed by atoms with Crippen LogP contribution < -0.4 is 9.80 Å². The number of aromatic nitrogens is 2. The zero-order valence-electron chi connectivity index (χ0n) is 15.3. The highest BCUT2D eigenvalue weighted by Crippen LogP contribution is 2.19. The summed E-state index contributed by atoms with van der Waals surface area (Å²) in [6.45, 7) is 7.27. The zero-order valence-corrected chi connectivity index (χ0v) is 15.3. The van der Waals surface area contributed by atoms with Gasteiger partial charge >= 0.3 is 0 Å². The molecule has 0 bridgehead atoms. The predicted octanol–water partition coefficient (Wildman–Crippen LogP) is 2.35. The van der Waals surface area contributed by atoms with Crippen LogP contribution in [-0.4, -0.2) is 60.3 Å². The van der Waals surface area contributed by atoms with Crippen LogP contribution >= 0.6 is 0 Å². The van der Waals surface area contributed by atoms with E-state index in [1.807, 2.05) is 17.0 Å². The minimum atomic E-state index is -0.0191. The Morgan fingerprint density at radius 2 is 1.65 bits per heavy atom. The number of aryl methyl sites for hydroxylation is 1. The summed E-state index contributed by atoms with van der Waals surface area (Å²) in [5.74, 6) is 0.859. The van der Waals surface area contributed by atoms with Crippen LogP contribution in [0.2, 0.25) is 0 Å². The summed E-state index contributed by atoms with van der Waals surface area (Å²) >= 11 is 0. The minimum Gasteiger partial charge on any atom is -0.368 e. The van der Waals surface area contributed by atoms with Crippen molar-refractivity contribution in [2.24, 2.45) is 0 Å². The zero-order chi connectivity index (χ0) is 17.9. The van der Waals surface area contributed by atoms with Gasteiger partial charge in [-0.05, 0) is 49.6 Å². The summed E-state index contributed by atoms with van der Waals surface area (Å²) in [6, 6.07) is 12.3. The first kappa shape index (κ1) is 16.8. The first-order valence-corrected chi connectivity index (χ1v) is 9.40. The summed E-state index contributed by atoms with van der Waals surface area (Å²) in [5, 5.41) is 8.46. The molecule has 1 aromatic heterocycles. The topological polar surface area (TPSA) is 52.6 Å². The molecule has 0 unspecified atom stereocenters. The number of nitrogens with zero attached hydrogens (tertiary/aromatic N) is 5. The number of rotatable bonds is 3. The van der Waals surface area contributed by atoms with E-state index in [9.17, 15) is 4.79 Å². The lowest BCUT2D eigenvalue weighted by molar-refractivity contribution is 0.0739. The van der Waals surface area contributed by atoms with Crippen LogP contribution in [0.25, 0.3) is 0 Å². The van der Waals surface area contributed by atoms with Crippen LogP contribution in [0, 0.1) is 6.92 Å². The molecular weight excluding hydrogens is 326 g/mol. The maximum atomic E-state index is 12.7. The first-order chi connectivity index (χ1) is 12.7. The van der Waals surface area contributed by atoms with E-state index in [1.54, 1.807) is 0 Å². The van der Waals surface area contributed by atoms with Crippen LogP contribution in [0.5, 0.6) is 0 Å².